The molecule has 1 rings (SSSR count). The van der Waals surface area contributed by atoms with E-state index in [0.717, 1.165) is 23.6 Å². The van der Waals surface area contributed by atoms with Crippen molar-refractivity contribution in [1.29, 1.82) is 0 Å². The highest BCUT2D eigenvalue weighted by Crippen LogP contribution is 2.18. The number of rotatable bonds is 3. The van der Waals surface area contributed by atoms with Crippen LogP contribution < -0.4 is 4.90 Å². The lowest BCUT2D eigenvalue weighted by Crippen LogP contribution is -3.05. The molecule has 0 bridgehead atoms. The Morgan fingerprint density at radius 2 is 2.15 bits per heavy atom. The Bertz CT molecular complexity index is 268. The first-order chi connectivity index (χ1) is 6.11. The van der Waals surface area contributed by atoms with Crippen molar-refractivity contribution in [3.8, 4) is 5.75 Å². The molecule has 0 amide bonds. The second-order valence-corrected chi connectivity index (χ2v) is 3.53. The van der Waals surface area contributed by atoms with E-state index < -0.39 is 0 Å². The number of benzene rings is 1. The highest BCUT2D eigenvalue weighted by molar-refractivity contribution is 6.30. The number of phenols is 1. The van der Waals surface area contributed by atoms with E-state index in [0.29, 0.717) is 5.02 Å². The summed E-state index contributed by atoms with van der Waals surface area (Å²) in [5.74, 6) is 0.214. The molecule has 1 unspecified atom stereocenters. The summed E-state index contributed by atoms with van der Waals surface area (Å²) in [7, 11) is 3.90. The monoisotopic (exact) mass is 199 g/mol. The number of quaternary nitrogens is 1. The number of hydrogen-bond acceptors (Lipinski definition) is 1. The van der Waals surface area contributed by atoms with Crippen molar-refractivity contribution in [2.24, 2.45) is 0 Å². The molecule has 1 aromatic rings. The molecule has 0 saturated heterocycles. The van der Waals surface area contributed by atoms with Crippen molar-refractivity contribution in [2.45, 2.75) is 13.5 Å². The van der Waals surface area contributed by atoms with E-state index in [1.807, 2.05) is 6.07 Å². The predicted octanol–water partition coefficient (Wildman–Crippen LogP) is 1.24. The number of halogens is 1. The van der Waals surface area contributed by atoms with Gasteiger partial charge in [0, 0.05) is 10.6 Å². The van der Waals surface area contributed by atoms with Crippen LogP contribution in [0.2, 0.25) is 5.02 Å². The van der Waals surface area contributed by atoms with Gasteiger partial charge in [0.2, 0.25) is 0 Å². The topological polar surface area (TPSA) is 24.7 Å². The largest absolute Gasteiger partial charge is 0.508 e. The number of hydrogen-bond donors (Lipinski definition) is 2. The van der Waals surface area contributed by atoms with Crippen LogP contribution in [0.25, 0.3) is 0 Å². The molecule has 72 valence electrons. The van der Waals surface area contributed by atoms with Gasteiger partial charge >= 0.3 is 0 Å². The molecule has 0 aliphatic rings. The molecule has 0 radical (unpaired) electrons. The Morgan fingerprint density at radius 1 is 1.46 bits per heavy atom. The van der Waals surface area contributed by atoms with Gasteiger partial charge in [-0.25, -0.2) is 0 Å². The Kier molecular flexibility index (Phi) is 3.58. The number of nitrogens with one attached hydrogen (secondary N) is 1. The minimum absolute atomic E-state index is 0.214. The summed E-state index contributed by atoms with van der Waals surface area (Å²) < 4.78 is 0. The van der Waals surface area contributed by atoms with Gasteiger partial charge in [0.25, 0.3) is 0 Å². The predicted molar refractivity (Wildman–Crippen MR) is 53.7 cm³/mol. The molecular formula is C10H14ClNO. The van der Waals surface area contributed by atoms with Crippen LogP contribution in [-0.4, -0.2) is 11.7 Å². The Labute approximate surface area is 83.7 Å². The normalized spacial score (nSPS) is 12.8. The lowest BCUT2D eigenvalue weighted by molar-refractivity contribution is -0.866. The van der Waals surface area contributed by atoms with Gasteiger partial charge in [0.15, 0.2) is 0 Å². The van der Waals surface area contributed by atoms with E-state index in [1.165, 1.54) is 6.07 Å². The second kappa shape index (κ2) is 4.49. The molecule has 2 nitrogen and oxygen atoms in total. The molecule has 13 heavy (non-hydrogen) atoms. The zero-order valence-electron chi connectivity index (χ0n) is 7.68. The highest BCUT2D eigenvalue weighted by Gasteiger charge is 2.00. The summed E-state index contributed by atoms with van der Waals surface area (Å²) in [5, 5.41) is 9.83. The van der Waals surface area contributed by atoms with Gasteiger partial charge in [-0.2, -0.15) is 7.05 Å². The standard InChI is InChI=1S/C10H14ClNO/c1-3-12(2)7-8-4-9(11)6-10(13)5-8/h4-6,12-13H,2-3,7H2,1H3. The van der Waals surface area contributed by atoms with Gasteiger partial charge in [-0.15, -0.1) is 0 Å². The molecule has 0 heterocycles. The van der Waals surface area contributed by atoms with Gasteiger partial charge < -0.3 is 10.0 Å². The Balaban J connectivity index is 2.77. The molecule has 1 atom stereocenters. The third kappa shape index (κ3) is 3.25. The molecule has 2 N–H and O–H groups in total. The highest BCUT2D eigenvalue weighted by atomic mass is 35.5. The fourth-order valence-electron chi connectivity index (χ4n) is 1.15. The molecule has 0 saturated carbocycles. The molecule has 0 aliphatic carbocycles. The zero-order valence-corrected chi connectivity index (χ0v) is 8.43. The Morgan fingerprint density at radius 3 is 2.69 bits per heavy atom. The van der Waals surface area contributed by atoms with Crippen LogP contribution in [0.1, 0.15) is 12.5 Å². The first kappa shape index (κ1) is 10.4. The third-order valence-corrected chi connectivity index (χ3v) is 2.11. The fraction of sp³-hybridized carbons (Fsp3) is 0.300. The van der Waals surface area contributed by atoms with Crippen LogP contribution in [0.5, 0.6) is 5.75 Å². The third-order valence-electron chi connectivity index (χ3n) is 1.90. The molecule has 0 fully saturated rings. The summed E-state index contributed by atoms with van der Waals surface area (Å²) in [6, 6.07) is 5.09. The molecule has 0 aromatic heterocycles. The van der Waals surface area contributed by atoms with Gasteiger partial charge in [0.1, 0.15) is 5.75 Å². The number of phenolic OH excluding ortho intramolecular Hbond substituents is 1. The van der Waals surface area contributed by atoms with Crippen LogP contribution in [0.15, 0.2) is 18.2 Å². The maximum Gasteiger partial charge on any atom is 0.117 e. The molecule has 3 heteroatoms. The van der Waals surface area contributed by atoms with Crippen molar-refractivity contribution >= 4 is 11.6 Å². The molecule has 0 aliphatic heterocycles. The van der Waals surface area contributed by atoms with Crippen LogP contribution in [0, 0.1) is 7.05 Å². The lowest BCUT2D eigenvalue weighted by atomic mass is 10.2. The minimum Gasteiger partial charge on any atom is -0.508 e. The summed E-state index contributed by atoms with van der Waals surface area (Å²) >= 11 is 5.79. The van der Waals surface area contributed by atoms with Gasteiger partial charge in [0.05, 0.1) is 13.1 Å². The summed E-state index contributed by atoms with van der Waals surface area (Å²) in [5.41, 5.74) is 1.01. The van der Waals surface area contributed by atoms with Crippen LogP contribution in [0.3, 0.4) is 0 Å². The fourth-order valence-corrected chi connectivity index (χ4v) is 1.40. The van der Waals surface area contributed by atoms with Crippen molar-refractivity contribution in [2.75, 3.05) is 6.54 Å². The molecule has 0 spiro atoms. The summed E-state index contributed by atoms with van der Waals surface area (Å²) in [4.78, 5) is 1.14. The average molecular weight is 200 g/mol. The first-order valence-electron chi connectivity index (χ1n) is 4.27. The lowest BCUT2D eigenvalue weighted by Gasteiger charge is -2.18. The summed E-state index contributed by atoms with van der Waals surface area (Å²) in [6.07, 6.45) is 0. The van der Waals surface area contributed by atoms with Crippen molar-refractivity contribution in [1.82, 2.24) is 0 Å². The second-order valence-electron chi connectivity index (χ2n) is 3.10. The van der Waals surface area contributed by atoms with E-state index in [1.54, 1.807) is 6.07 Å². The molecule has 1 aromatic carbocycles. The summed E-state index contributed by atoms with van der Waals surface area (Å²) in [6.45, 7) is 3.80. The quantitative estimate of drug-likeness (QED) is 0.704. The SMILES string of the molecule is [CH2-][NH+](CC)Cc1cc(O)cc(Cl)c1. The van der Waals surface area contributed by atoms with Crippen LogP contribution in [-0.2, 0) is 6.54 Å². The van der Waals surface area contributed by atoms with E-state index >= 15 is 0 Å². The minimum atomic E-state index is 0.214. The smallest absolute Gasteiger partial charge is 0.117 e. The first-order valence-corrected chi connectivity index (χ1v) is 4.64. The van der Waals surface area contributed by atoms with E-state index in [9.17, 15) is 5.11 Å². The maximum absolute atomic E-state index is 9.27. The van der Waals surface area contributed by atoms with Crippen molar-refractivity contribution < 1.29 is 10.0 Å². The zero-order chi connectivity index (χ0) is 9.84. The van der Waals surface area contributed by atoms with Gasteiger partial charge in [-0.05, 0) is 25.1 Å². The van der Waals surface area contributed by atoms with Crippen molar-refractivity contribution in [3.05, 3.63) is 35.8 Å². The Hall–Kier alpha value is -0.730. The maximum atomic E-state index is 9.27. The van der Waals surface area contributed by atoms with E-state index in [-0.39, 0.29) is 5.75 Å². The van der Waals surface area contributed by atoms with E-state index in [2.05, 4.69) is 14.0 Å². The number of aromatic hydroxyl groups is 1. The van der Waals surface area contributed by atoms with Gasteiger partial charge in [-0.3, -0.25) is 0 Å². The van der Waals surface area contributed by atoms with Crippen molar-refractivity contribution in [3.63, 3.8) is 0 Å². The van der Waals surface area contributed by atoms with E-state index in [4.69, 9.17) is 11.6 Å². The van der Waals surface area contributed by atoms with Crippen LogP contribution >= 0.6 is 11.6 Å². The molecular weight excluding hydrogens is 186 g/mol. The average Bonchev–Trinajstić information content (AvgIpc) is 2.02. The van der Waals surface area contributed by atoms with Crippen LogP contribution in [0.4, 0.5) is 0 Å². The van der Waals surface area contributed by atoms with Gasteiger partial charge in [-0.1, -0.05) is 11.6 Å².